The van der Waals surface area contributed by atoms with Gasteiger partial charge in [-0.1, -0.05) is 0 Å². The Kier molecular flexibility index (Phi) is 2.66. The molecule has 18 heavy (non-hydrogen) atoms. The first-order chi connectivity index (χ1) is 8.68. The average molecular weight is 247 g/mol. The molecule has 0 unspecified atom stereocenters. The highest BCUT2D eigenvalue weighted by Gasteiger charge is 2.28. The minimum absolute atomic E-state index is 0.0971. The van der Waals surface area contributed by atoms with Crippen molar-refractivity contribution >= 4 is 17.0 Å². The van der Waals surface area contributed by atoms with Crippen molar-refractivity contribution in [3.05, 3.63) is 12.7 Å². The van der Waals surface area contributed by atoms with Gasteiger partial charge in [-0.2, -0.15) is 0 Å². The second-order valence-electron chi connectivity index (χ2n) is 4.98. The lowest BCUT2D eigenvalue weighted by molar-refractivity contribution is 0.138. The molecule has 6 nitrogen and oxygen atoms in total. The second kappa shape index (κ2) is 4.20. The molecule has 1 N–H and O–H groups in total. The fourth-order valence-corrected chi connectivity index (χ4v) is 2.65. The number of fused-ring (bicyclic) bond motifs is 1. The fourth-order valence-electron chi connectivity index (χ4n) is 2.65. The SMILES string of the molecule is CN(C)c1ncnc2c1ncn2[C@@H]1CCC[C@@H]1O. The predicted molar refractivity (Wildman–Crippen MR) is 68.5 cm³/mol. The molecule has 0 bridgehead atoms. The van der Waals surface area contributed by atoms with Gasteiger partial charge in [0, 0.05) is 14.1 Å². The Hall–Kier alpha value is -1.69. The van der Waals surface area contributed by atoms with Crippen LogP contribution in [-0.4, -0.2) is 44.8 Å². The Morgan fingerprint density at radius 1 is 1.28 bits per heavy atom. The first kappa shape index (κ1) is 11.4. The van der Waals surface area contributed by atoms with E-state index < -0.39 is 0 Å². The first-order valence-electron chi connectivity index (χ1n) is 6.21. The predicted octanol–water partition coefficient (Wildman–Crippen LogP) is 0.978. The molecule has 0 aromatic carbocycles. The van der Waals surface area contributed by atoms with Crippen molar-refractivity contribution in [3.8, 4) is 0 Å². The Morgan fingerprint density at radius 2 is 2.11 bits per heavy atom. The molecule has 96 valence electrons. The lowest BCUT2D eigenvalue weighted by Gasteiger charge is -2.17. The second-order valence-corrected chi connectivity index (χ2v) is 4.98. The van der Waals surface area contributed by atoms with Crippen LogP contribution in [0.2, 0.25) is 0 Å². The quantitative estimate of drug-likeness (QED) is 0.856. The molecule has 1 fully saturated rings. The summed E-state index contributed by atoms with van der Waals surface area (Å²) in [6, 6.07) is 0.0971. The van der Waals surface area contributed by atoms with E-state index >= 15 is 0 Å². The van der Waals surface area contributed by atoms with Crippen LogP contribution in [0.25, 0.3) is 11.2 Å². The van der Waals surface area contributed by atoms with Crippen LogP contribution in [0.5, 0.6) is 0 Å². The van der Waals surface area contributed by atoms with Gasteiger partial charge < -0.3 is 14.6 Å². The van der Waals surface area contributed by atoms with Gasteiger partial charge in [-0.3, -0.25) is 0 Å². The number of anilines is 1. The van der Waals surface area contributed by atoms with Crippen molar-refractivity contribution in [1.82, 2.24) is 19.5 Å². The van der Waals surface area contributed by atoms with Crippen LogP contribution in [0.15, 0.2) is 12.7 Å². The van der Waals surface area contributed by atoms with Crippen molar-refractivity contribution < 1.29 is 5.11 Å². The summed E-state index contributed by atoms with van der Waals surface area (Å²) in [6.45, 7) is 0. The molecule has 2 aromatic heterocycles. The number of aliphatic hydroxyl groups is 1. The summed E-state index contributed by atoms with van der Waals surface area (Å²) in [7, 11) is 3.87. The third kappa shape index (κ3) is 1.64. The molecule has 0 amide bonds. The minimum Gasteiger partial charge on any atom is -0.391 e. The van der Waals surface area contributed by atoms with Gasteiger partial charge in [-0.25, -0.2) is 15.0 Å². The number of hydrogen-bond acceptors (Lipinski definition) is 5. The lowest BCUT2D eigenvalue weighted by atomic mass is 10.2. The van der Waals surface area contributed by atoms with Crippen molar-refractivity contribution in [2.24, 2.45) is 0 Å². The maximum absolute atomic E-state index is 10.00. The van der Waals surface area contributed by atoms with Gasteiger partial charge in [0.15, 0.2) is 17.0 Å². The van der Waals surface area contributed by atoms with E-state index in [4.69, 9.17) is 0 Å². The zero-order valence-corrected chi connectivity index (χ0v) is 10.6. The van der Waals surface area contributed by atoms with Crippen LogP contribution < -0.4 is 4.90 Å². The zero-order valence-electron chi connectivity index (χ0n) is 10.6. The van der Waals surface area contributed by atoms with Crippen LogP contribution in [0.1, 0.15) is 25.3 Å². The highest BCUT2D eigenvalue weighted by atomic mass is 16.3. The maximum atomic E-state index is 10.00. The molecule has 0 saturated heterocycles. The highest BCUT2D eigenvalue weighted by Crippen LogP contribution is 2.32. The van der Waals surface area contributed by atoms with Gasteiger partial charge in [-0.05, 0) is 19.3 Å². The van der Waals surface area contributed by atoms with Gasteiger partial charge in [0.05, 0.1) is 18.5 Å². The van der Waals surface area contributed by atoms with E-state index in [0.29, 0.717) is 0 Å². The molecule has 0 radical (unpaired) electrons. The van der Waals surface area contributed by atoms with E-state index in [1.54, 1.807) is 12.7 Å². The third-order valence-corrected chi connectivity index (χ3v) is 3.56. The third-order valence-electron chi connectivity index (χ3n) is 3.56. The Morgan fingerprint density at radius 3 is 2.78 bits per heavy atom. The summed E-state index contributed by atoms with van der Waals surface area (Å²) >= 11 is 0. The number of rotatable bonds is 2. The average Bonchev–Trinajstić information content (AvgIpc) is 2.93. The van der Waals surface area contributed by atoms with E-state index in [1.165, 1.54) is 0 Å². The standard InChI is InChI=1S/C12H17N5O/c1-16(2)11-10-12(14-6-13-11)17(7-15-10)8-4-3-5-9(8)18/h6-9,18H,3-5H2,1-2H3/t8-,9+/m1/s1. The van der Waals surface area contributed by atoms with E-state index in [9.17, 15) is 5.11 Å². The summed E-state index contributed by atoms with van der Waals surface area (Å²) in [5.74, 6) is 0.811. The van der Waals surface area contributed by atoms with Crippen LogP contribution in [-0.2, 0) is 0 Å². The van der Waals surface area contributed by atoms with Gasteiger partial charge in [-0.15, -0.1) is 0 Å². The van der Waals surface area contributed by atoms with Crippen LogP contribution in [0, 0.1) is 0 Å². The first-order valence-corrected chi connectivity index (χ1v) is 6.21. The molecule has 1 saturated carbocycles. The van der Waals surface area contributed by atoms with E-state index in [-0.39, 0.29) is 12.1 Å². The normalized spacial score (nSPS) is 23.7. The molecule has 3 rings (SSSR count). The molecule has 1 aliphatic rings. The van der Waals surface area contributed by atoms with Crippen molar-refractivity contribution in [1.29, 1.82) is 0 Å². The maximum Gasteiger partial charge on any atom is 0.165 e. The summed E-state index contributed by atoms with van der Waals surface area (Å²) < 4.78 is 1.99. The smallest absolute Gasteiger partial charge is 0.165 e. The Labute approximate surface area is 105 Å². The van der Waals surface area contributed by atoms with Crippen LogP contribution in [0.4, 0.5) is 5.82 Å². The summed E-state index contributed by atoms with van der Waals surface area (Å²) in [5, 5.41) is 10.00. The lowest BCUT2D eigenvalue weighted by Crippen LogP contribution is -2.18. The van der Waals surface area contributed by atoms with E-state index in [0.717, 1.165) is 36.2 Å². The van der Waals surface area contributed by atoms with E-state index in [2.05, 4.69) is 15.0 Å². The summed E-state index contributed by atoms with van der Waals surface area (Å²) in [6.07, 6.45) is 5.92. The largest absolute Gasteiger partial charge is 0.391 e. The highest BCUT2D eigenvalue weighted by molar-refractivity contribution is 5.83. The molecule has 6 heteroatoms. The molecule has 2 aromatic rings. The summed E-state index contributed by atoms with van der Waals surface area (Å²) in [5.41, 5.74) is 1.60. The Balaban J connectivity index is 2.12. The molecular weight excluding hydrogens is 230 g/mol. The topological polar surface area (TPSA) is 67.1 Å². The van der Waals surface area contributed by atoms with Crippen LogP contribution >= 0.6 is 0 Å². The summed E-state index contributed by atoms with van der Waals surface area (Å²) in [4.78, 5) is 14.9. The van der Waals surface area contributed by atoms with Crippen molar-refractivity contribution in [2.75, 3.05) is 19.0 Å². The number of imidazole rings is 1. The number of hydrogen-bond donors (Lipinski definition) is 1. The van der Waals surface area contributed by atoms with Gasteiger partial charge in [0.2, 0.25) is 0 Å². The molecule has 2 atom stereocenters. The molecule has 2 heterocycles. The molecule has 0 aliphatic heterocycles. The van der Waals surface area contributed by atoms with Gasteiger partial charge in [0.1, 0.15) is 6.33 Å². The Bertz CT molecular complexity index is 565. The van der Waals surface area contributed by atoms with Gasteiger partial charge >= 0.3 is 0 Å². The van der Waals surface area contributed by atoms with E-state index in [1.807, 2.05) is 23.6 Å². The monoisotopic (exact) mass is 247 g/mol. The number of nitrogens with zero attached hydrogens (tertiary/aromatic N) is 5. The number of aromatic nitrogens is 4. The molecular formula is C12H17N5O. The molecule has 1 aliphatic carbocycles. The minimum atomic E-state index is -0.292. The van der Waals surface area contributed by atoms with Crippen LogP contribution in [0.3, 0.4) is 0 Å². The zero-order chi connectivity index (χ0) is 12.7. The number of aliphatic hydroxyl groups excluding tert-OH is 1. The molecule has 0 spiro atoms. The fraction of sp³-hybridized carbons (Fsp3) is 0.583. The van der Waals surface area contributed by atoms with Crippen molar-refractivity contribution in [3.63, 3.8) is 0 Å². The van der Waals surface area contributed by atoms with Crippen molar-refractivity contribution in [2.45, 2.75) is 31.4 Å². The van der Waals surface area contributed by atoms with Gasteiger partial charge in [0.25, 0.3) is 0 Å².